The SMILES string of the molecule is CC.CC.CO/N=C(/C=C/C=C(\C)C(CCC=C(C)C)NC(=O)OC(C)C)NC=O. The van der Waals surface area contributed by atoms with Gasteiger partial charge in [0, 0.05) is 0 Å². The lowest BCUT2D eigenvalue weighted by Crippen LogP contribution is -2.37. The summed E-state index contributed by atoms with van der Waals surface area (Å²) in [7, 11) is 1.39. The van der Waals surface area contributed by atoms with Crippen LogP contribution in [-0.4, -0.2) is 37.6 Å². The molecular weight excluding hydrogens is 382 g/mol. The minimum atomic E-state index is -0.441. The number of nitrogens with one attached hydrogen (secondary N) is 2. The molecule has 2 N–H and O–H groups in total. The van der Waals surface area contributed by atoms with Crippen LogP contribution in [0, 0.1) is 0 Å². The number of amidine groups is 1. The van der Waals surface area contributed by atoms with E-state index >= 15 is 0 Å². The molecule has 0 aliphatic heterocycles. The van der Waals surface area contributed by atoms with Gasteiger partial charge in [0.05, 0.1) is 12.1 Å². The minimum Gasteiger partial charge on any atom is -0.447 e. The van der Waals surface area contributed by atoms with Gasteiger partial charge in [0.2, 0.25) is 6.41 Å². The quantitative estimate of drug-likeness (QED) is 0.121. The molecule has 0 rings (SSSR count). The van der Waals surface area contributed by atoms with Crippen molar-refractivity contribution in [1.29, 1.82) is 0 Å². The highest BCUT2D eigenvalue weighted by Gasteiger charge is 2.15. The molecule has 0 radical (unpaired) electrons. The lowest BCUT2D eigenvalue weighted by molar-refractivity contribution is -0.108. The monoisotopic (exact) mass is 425 g/mol. The van der Waals surface area contributed by atoms with Gasteiger partial charge >= 0.3 is 6.09 Å². The molecule has 0 aromatic rings. The maximum Gasteiger partial charge on any atom is 0.407 e. The normalized spacial score (nSPS) is 12.0. The molecule has 1 unspecified atom stereocenters. The zero-order valence-electron chi connectivity index (χ0n) is 20.5. The highest BCUT2D eigenvalue weighted by molar-refractivity contribution is 5.98. The molecule has 30 heavy (non-hydrogen) atoms. The first-order valence-corrected chi connectivity index (χ1v) is 10.6. The van der Waals surface area contributed by atoms with Crippen molar-refractivity contribution in [3.63, 3.8) is 0 Å². The minimum absolute atomic E-state index is 0.164. The molecule has 174 valence electrons. The number of allylic oxidation sites excluding steroid dienone is 4. The van der Waals surface area contributed by atoms with Gasteiger partial charge < -0.3 is 20.2 Å². The molecule has 0 aromatic heterocycles. The van der Waals surface area contributed by atoms with Crippen molar-refractivity contribution in [3.8, 4) is 0 Å². The molecule has 0 aromatic carbocycles. The lowest BCUT2D eigenvalue weighted by Gasteiger charge is -2.20. The maximum absolute atomic E-state index is 11.9. The number of amides is 2. The Morgan fingerprint density at radius 1 is 1.10 bits per heavy atom. The van der Waals surface area contributed by atoms with E-state index < -0.39 is 6.09 Å². The summed E-state index contributed by atoms with van der Waals surface area (Å²) < 4.78 is 5.17. The van der Waals surface area contributed by atoms with Crippen molar-refractivity contribution < 1.29 is 19.2 Å². The Labute approximate surface area is 183 Å². The van der Waals surface area contributed by atoms with E-state index in [0.717, 1.165) is 18.4 Å². The highest BCUT2D eigenvalue weighted by atomic mass is 16.6. The van der Waals surface area contributed by atoms with Crippen molar-refractivity contribution in [3.05, 3.63) is 35.5 Å². The molecule has 0 aliphatic carbocycles. The van der Waals surface area contributed by atoms with E-state index in [0.29, 0.717) is 6.41 Å². The van der Waals surface area contributed by atoms with Crippen LogP contribution >= 0.6 is 0 Å². The summed E-state index contributed by atoms with van der Waals surface area (Å²) in [5.74, 6) is 0.278. The topological polar surface area (TPSA) is 89.0 Å². The van der Waals surface area contributed by atoms with Crippen LogP contribution in [-0.2, 0) is 14.4 Å². The average Bonchev–Trinajstić information content (AvgIpc) is 2.69. The van der Waals surface area contributed by atoms with Crippen LogP contribution in [0.4, 0.5) is 4.79 Å². The summed E-state index contributed by atoms with van der Waals surface area (Å²) >= 11 is 0. The van der Waals surface area contributed by atoms with Crippen molar-refractivity contribution in [1.82, 2.24) is 10.6 Å². The van der Waals surface area contributed by atoms with E-state index in [1.165, 1.54) is 12.7 Å². The van der Waals surface area contributed by atoms with Gasteiger partial charge in [-0.05, 0) is 53.5 Å². The molecule has 0 fully saturated rings. The lowest BCUT2D eigenvalue weighted by atomic mass is 10.0. The predicted octanol–water partition coefficient (Wildman–Crippen LogP) is 5.50. The Hall–Kier alpha value is -2.57. The van der Waals surface area contributed by atoms with Gasteiger partial charge in [-0.25, -0.2) is 4.79 Å². The van der Waals surface area contributed by atoms with Crippen molar-refractivity contribution in [2.24, 2.45) is 5.16 Å². The summed E-state index contributed by atoms with van der Waals surface area (Å²) in [4.78, 5) is 27.1. The molecule has 0 saturated carbocycles. The highest BCUT2D eigenvalue weighted by Crippen LogP contribution is 2.11. The van der Waals surface area contributed by atoms with E-state index in [1.54, 1.807) is 26.0 Å². The molecular formula is C23H43N3O4. The Kier molecular flexibility index (Phi) is 24.3. The van der Waals surface area contributed by atoms with E-state index in [-0.39, 0.29) is 18.0 Å². The third-order valence-electron chi connectivity index (χ3n) is 3.20. The Morgan fingerprint density at radius 3 is 2.17 bits per heavy atom. The fraction of sp³-hybridized carbons (Fsp3) is 0.609. The number of carbonyl (C=O) groups excluding carboxylic acids is 2. The van der Waals surface area contributed by atoms with Crippen LogP contribution in [0.2, 0.25) is 0 Å². The summed E-state index contributed by atoms with van der Waals surface area (Å²) in [6.07, 6.45) is 8.79. The molecule has 2 amide bonds. The molecule has 7 heteroatoms. The van der Waals surface area contributed by atoms with E-state index in [1.807, 2.05) is 54.5 Å². The third-order valence-corrected chi connectivity index (χ3v) is 3.20. The molecule has 7 nitrogen and oxygen atoms in total. The van der Waals surface area contributed by atoms with Gasteiger partial charge in [0.25, 0.3) is 0 Å². The summed E-state index contributed by atoms with van der Waals surface area (Å²) in [6, 6.07) is -0.164. The van der Waals surface area contributed by atoms with Gasteiger partial charge in [-0.2, -0.15) is 0 Å². The Balaban J connectivity index is -0.00000171. The van der Waals surface area contributed by atoms with Gasteiger partial charge in [0.1, 0.15) is 7.11 Å². The first-order chi connectivity index (χ1) is 14.3. The van der Waals surface area contributed by atoms with Crippen LogP contribution < -0.4 is 10.6 Å². The number of ether oxygens (including phenoxy) is 1. The zero-order chi connectivity index (χ0) is 23.9. The standard InChI is InChI=1S/C19H31N3O4.2C2H6/c1-14(2)9-7-11-17(21-19(24)26-15(3)4)16(5)10-8-12-18(20-13-23)22-25-6;2*1-2/h8-10,12-13,15,17H,7,11H2,1-6H3,(H,21,24)(H,20,22,23);2*1-2H3/b12-8+,16-10+;;. The largest absolute Gasteiger partial charge is 0.447 e. The van der Waals surface area contributed by atoms with Crippen LogP contribution in [0.1, 0.15) is 75.2 Å². The number of oxime groups is 1. The number of alkyl carbamates (subject to hydrolysis) is 1. The second kappa shape index (κ2) is 22.7. The van der Waals surface area contributed by atoms with Crippen LogP contribution in [0.15, 0.2) is 40.6 Å². The maximum atomic E-state index is 11.9. The van der Waals surface area contributed by atoms with E-state index in [9.17, 15) is 9.59 Å². The fourth-order valence-corrected chi connectivity index (χ4v) is 2.01. The van der Waals surface area contributed by atoms with Crippen molar-refractivity contribution >= 4 is 18.3 Å². The fourth-order valence-electron chi connectivity index (χ4n) is 2.01. The molecule has 0 saturated heterocycles. The number of carbonyl (C=O) groups is 2. The molecule has 0 heterocycles. The van der Waals surface area contributed by atoms with Crippen molar-refractivity contribution in [2.75, 3.05) is 7.11 Å². The second-order valence-electron chi connectivity index (χ2n) is 6.20. The van der Waals surface area contributed by atoms with E-state index in [4.69, 9.17) is 4.74 Å². The molecule has 0 bridgehead atoms. The second-order valence-corrected chi connectivity index (χ2v) is 6.20. The van der Waals surface area contributed by atoms with Crippen LogP contribution in [0.5, 0.6) is 0 Å². The number of hydrogen-bond acceptors (Lipinski definition) is 5. The van der Waals surface area contributed by atoms with Gasteiger partial charge in [-0.1, -0.05) is 62.2 Å². The summed E-state index contributed by atoms with van der Waals surface area (Å²) in [6.45, 7) is 17.6. The summed E-state index contributed by atoms with van der Waals surface area (Å²) in [5, 5.41) is 8.98. The third kappa shape index (κ3) is 20.2. The molecule has 0 spiro atoms. The van der Waals surface area contributed by atoms with Gasteiger partial charge in [-0.15, -0.1) is 0 Å². The Bertz CT molecular complexity index is 561. The smallest absolute Gasteiger partial charge is 0.407 e. The predicted molar refractivity (Wildman–Crippen MR) is 126 cm³/mol. The molecule has 1 atom stereocenters. The zero-order valence-corrected chi connectivity index (χ0v) is 20.5. The summed E-state index contributed by atoms with van der Waals surface area (Å²) in [5.41, 5.74) is 2.18. The first-order valence-electron chi connectivity index (χ1n) is 10.6. The Morgan fingerprint density at radius 2 is 1.70 bits per heavy atom. The number of nitrogens with zero attached hydrogens (tertiary/aromatic N) is 1. The first kappa shape index (κ1) is 32.1. The number of hydrogen-bond donors (Lipinski definition) is 2. The van der Waals surface area contributed by atoms with Crippen LogP contribution in [0.3, 0.4) is 0 Å². The molecule has 0 aliphatic rings. The van der Waals surface area contributed by atoms with Gasteiger partial charge in [0.15, 0.2) is 5.84 Å². The average molecular weight is 426 g/mol. The van der Waals surface area contributed by atoms with Crippen LogP contribution in [0.25, 0.3) is 0 Å². The van der Waals surface area contributed by atoms with E-state index in [2.05, 4.69) is 26.7 Å². The van der Waals surface area contributed by atoms with Gasteiger partial charge in [-0.3, -0.25) is 4.79 Å². The van der Waals surface area contributed by atoms with Crippen molar-refractivity contribution in [2.45, 2.75) is 87.3 Å². The number of rotatable bonds is 10.